The standard InChI is InChI=1S/C26H29N5O3/c1-30-11-13-31(14-12-30)24-16-19(9-10-28-24)17-29-26(33)21-6-4-5-20(15-21)18-34-23-8-3-2-7-22(23)25(27)32/h2-10,15-16H,11-14,17-18H2,1H3,(H2,27,32)(H,29,33). The number of nitrogens with two attached hydrogens (primary N) is 1. The molecule has 0 aliphatic carbocycles. The van der Waals surface area contributed by atoms with E-state index in [9.17, 15) is 9.59 Å². The van der Waals surface area contributed by atoms with E-state index in [1.165, 1.54) is 0 Å². The average Bonchev–Trinajstić information content (AvgIpc) is 2.87. The molecule has 0 spiro atoms. The molecule has 2 heterocycles. The third-order valence-electron chi connectivity index (χ3n) is 5.83. The molecule has 1 aromatic heterocycles. The maximum absolute atomic E-state index is 12.8. The Morgan fingerprint density at radius 2 is 1.79 bits per heavy atom. The minimum atomic E-state index is -0.546. The van der Waals surface area contributed by atoms with Gasteiger partial charge in [0.1, 0.15) is 18.2 Å². The molecule has 8 nitrogen and oxygen atoms in total. The molecular weight excluding hydrogens is 430 g/mol. The van der Waals surface area contributed by atoms with Crippen LogP contribution in [0.4, 0.5) is 5.82 Å². The van der Waals surface area contributed by atoms with Gasteiger partial charge in [0.25, 0.3) is 11.8 Å². The first kappa shape index (κ1) is 23.3. The monoisotopic (exact) mass is 459 g/mol. The highest BCUT2D eigenvalue weighted by molar-refractivity contribution is 5.95. The SMILES string of the molecule is CN1CCN(c2cc(CNC(=O)c3cccc(COc4ccccc4C(N)=O)c3)ccn2)CC1. The molecule has 0 saturated carbocycles. The van der Waals surface area contributed by atoms with Crippen LogP contribution in [-0.2, 0) is 13.2 Å². The predicted molar refractivity (Wildman–Crippen MR) is 131 cm³/mol. The van der Waals surface area contributed by atoms with E-state index in [0.717, 1.165) is 43.1 Å². The number of para-hydroxylation sites is 1. The summed E-state index contributed by atoms with van der Waals surface area (Å²) in [7, 11) is 2.12. The minimum absolute atomic E-state index is 0.169. The Kier molecular flexibility index (Phi) is 7.39. The Morgan fingerprint density at radius 3 is 2.59 bits per heavy atom. The normalized spacial score (nSPS) is 14.0. The van der Waals surface area contributed by atoms with Crippen molar-refractivity contribution in [1.82, 2.24) is 15.2 Å². The van der Waals surface area contributed by atoms with Gasteiger partial charge in [0.2, 0.25) is 0 Å². The summed E-state index contributed by atoms with van der Waals surface area (Å²) in [4.78, 5) is 33.4. The third-order valence-corrected chi connectivity index (χ3v) is 5.83. The largest absolute Gasteiger partial charge is 0.488 e. The molecule has 176 valence electrons. The number of anilines is 1. The second-order valence-corrected chi connectivity index (χ2v) is 8.34. The molecule has 1 saturated heterocycles. The lowest BCUT2D eigenvalue weighted by molar-refractivity contribution is 0.0949. The molecule has 8 heteroatoms. The quantitative estimate of drug-likeness (QED) is 0.537. The van der Waals surface area contributed by atoms with Crippen molar-refractivity contribution in [2.75, 3.05) is 38.1 Å². The second kappa shape index (κ2) is 10.8. The summed E-state index contributed by atoms with van der Waals surface area (Å²) in [6.45, 7) is 4.53. The van der Waals surface area contributed by atoms with E-state index in [4.69, 9.17) is 10.5 Å². The number of nitrogens with zero attached hydrogens (tertiary/aromatic N) is 3. The van der Waals surface area contributed by atoms with Gasteiger partial charge in [-0.15, -0.1) is 0 Å². The maximum atomic E-state index is 12.8. The van der Waals surface area contributed by atoms with Crippen LogP contribution in [0.15, 0.2) is 66.9 Å². The van der Waals surface area contributed by atoms with Crippen molar-refractivity contribution in [1.29, 1.82) is 0 Å². The van der Waals surface area contributed by atoms with E-state index < -0.39 is 5.91 Å². The second-order valence-electron chi connectivity index (χ2n) is 8.34. The van der Waals surface area contributed by atoms with E-state index in [2.05, 4.69) is 27.1 Å². The van der Waals surface area contributed by atoms with Crippen LogP contribution in [0.5, 0.6) is 5.75 Å². The fourth-order valence-corrected chi connectivity index (χ4v) is 3.82. The zero-order valence-corrected chi connectivity index (χ0v) is 19.2. The number of aromatic nitrogens is 1. The van der Waals surface area contributed by atoms with Gasteiger partial charge in [-0.25, -0.2) is 4.98 Å². The summed E-state index contributed by atoms with van der Waals surface area (Å²) >= 11 is 0. The number of carbonyl (C=O) groups is 2. The average molecular weight is 460 g/mol. The Morgan fingerprint density at radius 1 is 1.00 bits per heavy atom. The fourth-order valence-electron chi connectivity index (χ4n) is 3.82. The maximum Gasteiger partial charge on any atom is 0.252 e. The number of rotatable bonds is 8. The summed E-state index contributed by atoms with van der Waals surface area (Å²) in [6.07, 6.45) is 1.79. The highest BCUT2D eigenvalue weighted by Gasteiger charge is 2.16. The zero-order valence-electron chi connectivity index (χ0n) is 19.2. The highest BCUT2D eigenvalue weighted by Crippen LogP contribution is 2.19. The van der Waals surface area contributed by atoms with E-state index in [0.29, 0.717) is 23.4 Å². The first-order chi connectivity index (χ1) is 16.5. The minimum Gasteiger partial charge on any atom is -0.488 e. The Labute approximate surface area is 199 Å². The summed E-state index contributed by atoms with van der Waals surface area (Å²) in [5.74, 6) is 0.641. The number of nitrogens with one attached hydrogen (secondary N) is 1. The number of amides is 2. The molecule has 4 rings (SSSR count). The molecule has 0 bridgehead atoms. The Bertz CT molecular complexity index is 1160. The van der Waals surface area contributed by atoms with Gasteiger partial charge < -0.3 is 25.6 Å². The van der Waals surface area contributed by atoms with E-state index in [-0.39, 0.29) is 12.5 Å². The lowest BCUT2D eigenvalue weighted by Gasteiger charge is -2.33. The van der Waals surface area contributed by atoms with Crippen molar-refractivity contribution in [2.45, 2.75) is 13.2 Å². The van der Waals surface area contributed by atoms with E-state index in [1.807, 2.05) is 24.3 Å². The number of ether oxygens (including phenoxy) is 1. The van der Waals surface area contributed by atoms with Crippen molar-refractivity contribution >= 4 is 17.6 Å². The van der Waals surface area contributed by atoms with Gasteiger partial charge in [-0.2, -0.15) is 0 Å². The lowest BCUT2D eigenvalue weighted by Crippen LogP contribution is -2.44. The van der Waals surface area contributed by atoms with Gasteiger partial charge in [-0.05, 0) is 54.6 Å². The molecular formula is C26H29N5O3. The lowest BCUT2D eigenvalue weighted by atomic mass is 10.1. The van der Waals surface area contributed by atoms with Gasteiger partial charge in [0, 0.05) is 44.5 Å². The van der Waals surface area contributed by atoms with E-state index in [1.54, 1.807) is 42.6 Å². The van der Waals surface area contributed by atoms with Crippen LogP contribution < -0.4 is 20.7 Å². The summed E-state index contributed by atoms with van der Waals surface area (Å²) < 4.78 is 5.78. The van der Waals surface area contributed by atoms with Gasteiger partial charge >= 0.3 is 0 Å². The number of piperazine rings is 1. The smallest absolute Gasteiger partial charge is 0.252 e. The molecule has 3 aromatic rings. The molecule has 0 radical (unpaired) electrons. The molecule has 1 fully saturated rings. The molecule has 2 amide bonds. The van der Waals surface area contributed by atoms with E-state index >= 15 is 0 Å². The topological polar surface area (TPSA) is 101 Å². The molecule has 0 unspecified atom stereocenters. The zero-order chi connectivity index (χ0) is 23.9. The molecule has 0 atom stereocenters. The number of hydrogen-bond acceptors (Lipinski definition) is 6. The highest BCUT2D eigenvalue weighted by atomic mass is 16.5. The van der Waals surface area contributed by atoms with Crippen molar-refractivity contribution in [3.63, 3.8) is 0 Å². The number of hydrogen-bond donors (Lipinski definition) is 2. The van der Waals surface area contributed by atoms with Crippen LogP contribution in [0.2, 0.25) is 0 Å². The Hall–Kier alpha value is -3.91. The molecule has 3 N–H and O–H groups in total. The first-order valence-electron chi connectivity index (χ1n) is 11.3. The summed E-state index contributed by atoms with van der Waals surface area (Å²) in [5.41, 5.74) is 8.08. The number of primary amides is 1. The number of carbonyl (C=O) groups excluding carboxylic acids is 2. The fraction of sp³-hybridized carbons (Fsp3) is 0.269. The van der Waals surface area contributed by atoms with Crippen molar-refractivity contribution in [3.8, 4) is 5.75 Å². The summed E-state index contributed by atoms with van der Waals surface area (Å²) in [6, 6.07) is 18.0. The van der Waals surface area contributed by atoms with Crippen LogP contribution in [0.1, 0.15) is 31.8 Å². The van der Waals surface area contributed by atoms with Crippen molar-refractivity contribution < 1.29 is 14.3 Å². The van der Waals surface area contributed by atoms with Gasteiger partial charge in [-0.1, -0.05) is 24.3 Å². The molecule has 1 aliphatic heterocycles. The molecule has 1 aliphatic rings. The number of pyridine rings is 1. The van der Waals surface area contributed by atoms with Crippen LogP contribution in [0, 0.1) is 0 Å². The van der Waals surface area contributed by atoms with Crippen LogP contribution in [0.3, 0.4) is 0 Å². The van der Waals surface area contributed by atoms with Gasteiger partial charge in [0.15, 0.2) is 0 Å². The van der Waals surface area contributed by atoms with Crippen LogP contribution >= 0.6 is 0 Å². The number of benzene rings is 2. The number of likely N-dealkylation sites (N-methyl/N-ethyl adjacent to an activating group) is 1. The van der Waals surface area contributed by atoms with Crippen LogP contribution in [0.25, 0.3) is 0 Å². The molecule has 2 aromatic carbocycles. The Balaban J connectivity index is 1.35. The first-order valence-corrected chi connectivity index (χ1v) is 11.3. The van der Waals surface area contributed by atoms with Crippen LogP contribution in [-0.4, -0.2) is 54.9 Å². The summed E-state index contributed by atoms with van der Waals surface area (Å²) in [5, 5.41) is 2.98. The van der Waals surface area contributed by atoms with Gasteiger partial charge in [-0.3, -0.25) is 9.59 Å². The van der Waals surface area contributed by atoms with Crippen molar-refractivity contribution in [2.24, 2.45) is 5.73 Å². The van der Waals surface area contributed by atoms with Gasteiger partial charge in [0.05, 0.1) is 5.56 Å². The van der Waals surface area contributed by atoms with Crippen molar-refractivity contribution in [3.05, 3.63) is 89.1 Å². The molecule has 34 heavy (non-hydrogen) atoms. The predicted octanol–water partition coefficient (Wildman–Crippen LogP) is 2.44. The third kappa shape index (κ3) is 5.90.